The molecule has 0 bridgehead atoms. The van der Waals surface area contributed by atoms with Crippen LogP contribution in [0.4, 0.5) is 17.5 Å². The van der Waals surface area contributed by atoms with Gasteiger partial charge in [-0.1, -0.05) is 24.3 Å². The Morgan fingerprint density at radius 1 is 1.11 bits per heavy atom. The van der Waals surface area contributed by atoms with E-state index in [1.54, 1.807) is 38.4 Å². The molecule has 138 valence electrons. The van der Waals surface area contributed by atoms with Gasteiger partial charge in [0.05, 0.1) is 7.11 Å². The van der Waals surface area contributed by atoms with E-state index in [-0.39, 0.29) is 5.78 Å². The highest BCUT2D eigenvalue weighted by atomic mass is 16.5. The number of hydrogen-bond acceptors (Lipinski definition) is 6. The molecular weight excluding hydrogens is 340 g/mol. The van der Waals surface area contributed by atoms with E-state index in [9.17, 15) is 4.79 Å². The van der Waals surface area contributed by atoms with Crippen LogP contribution in [0.5, 0.6) is 5.75 Å². The predicted molar refractivity (Wildman–Crippen MR) is 107 cm³/mol. The minimum atomic E-state index is 0.0298. The van der Waals surface area contributed by atoms with E-state index < -0.39 is 0 Å². The normalized spacial score (nSPS) is 10.3. The molecule has 0 aliphatic carbocycles. The number of rotatable bonds is 8. The Balaban J connectivity index is 1.58. The van der Waals surface area contributed by atoms with Crippen LogP contribution in [-0.4, -0.2) is 29.4 Å². The van der Waals surface area contributed by atoms with E-state index in [4.69, 9.17) is 4.74 Å². The van der Waals surface area contributed by atoms with Gasteiger partial charge in [0, 0.05) is 24.0 Å². The Bertz CT molecular complexity index is 910. The lowest BCUT2D eigenvalue weighted by atomic mass is 10.1. The van der Waals surface area contributed by atoms with Crippen molar-refractivity contribution >= 4 is 23.2 Å². The average Bonchev–Trinajstić information content (AvgIpc) is 2.69. The summed E-state index contributed by atoms with van der Waals surface area (Å²) in [4.78, 5) is 20.2. The first-order chi connectivity index (χ1) is 13.1. The number of hydrogen-bond donors (Lipinski definition) is 2. The zero-order chi connectivity index (χ0) is 19.1. The van der Waals surface area contributed by atoms with Crippen molar-refractivity contribution in [3.05, 3.63) is 71.9 Å². The molecule has 0 radical (unpaired) electrons. The molecule has 0 spiro atoms. The number of Topliss-reactive ketones (excluding diaryl/α,β-unsaturated/α-hetero) is 1. The fraction of sp³-hybridized carbons (Fsp3) is 0.190. The summed E-state index contributed by atoms with van der Waals surface area (Å²) in [5.74, 6) is 2.10. The van der Waals surface area contributed by atoms with Crippen LogP contribution in [0.1, 0.15) is 22.8 Å². The van der Waals surface area contributed by atoms with Gasteiger partial charge < -0.3 is 15.4 Å². The molecule has 2 aromatic carbocycles. The molecule has 2 N–H and O–H groups in total. The third kappa shape index (κ3) is 5.28. The zero-order valence-corrected chi connectivity index (χ0v) is 15.4. The molecule has 3 rings (SSSR count). The first kappa shape index (κ1) is 18.4. The fourth-order valence-corrected chi connectivity index (χ4v) is 2.59. The van der Waals surface area contributed by atoms with Crippen molar-refractivity contribution < 1.29 is 9.53 Å². The number of aromatic nitrogens is 2. The van der Waals surface area contributed by atoms with Crippen LogP contribution in [0.15, 0.2) is 60.8 Å². The van der Waals surface area contributed by atoms with Crippen molar-refractivity contribution in [1.29, 1.82) is 0 Å². The first-order valence-electron chi connectivity index (χ1n) is 8.72. The van der Waals surface area contributed by atoms with Gasteiger partial charge in [-0.15, -0.1) is 0 Å². The van der Waals surface area contributed by atoms with E-state index in [0.717, 1.165) is 24.4 Å². The fourth-order valence-electron chi connectivity index (χ4n) is 2.59. The standard InChI is InChI=1S/C21H22N4O2/c1-15(26)17-4-3-5-18(14-17)24-20-11-13-23-21(25-20)22-12-10-16-6-8-19(27-2)9-7-16/h3-9,11,13-14H,10,12H2,1-2H3,(H2,22,23,24,25). The van der Waals surface area contributed by atoms with Crippen LogP contribution in [-0.2, 0) is 6.42 Å². The molecule has 0 atom stereocenters. The highest BCUT2D eigenvalue weighted by Crippen LogP contribution is 2.17. The number of nitrogens with one attached hydrogen (secondary N) is 2. The van der Waals surface area contributed by atoms with Crippen LogP contribution in [0.2, 0.25) is 0 Å². The first-order valence-corrected chi connectivity index (χ1v) is 8.72. The lowest BCUT2D eigenvalue weighted by Gasteiger charge is -2.09. The Kier molecular flexibility index (Phi) is 5.99. The van der Waals surface area contributed by atoms with Crippen molar-refractivity contribution in [1.82, 2.24) is 9.97 Å². The van der Waals surface area contributed by atoms with Gasteiger partial charge in [-0.2, -0.15) is 4.98 Å². The molecule has 0 amide bonds. The second-order valence-corrected chi connectivity index (χ2v) is 6.05. The van der Waals surface area contributed by atoms with E-state index in [0.29, 0.717) is 17.3 Å². The smallest absolute Gasteiger partial charge is 0.224 e. The molecule has 1 aromatic heterocycles. The van der Waals surface area contributed by atoms with Crippen molar-refractivity contribution in [2.75, 3.05) is 24.3 Å². The zero-order valence-electron chi connectivity index (χ0n) is 15.4. The average molecular weight is 362 g/mol. The second kappa shape index (κ2) is 8.80. The van der Waals surface area contributed by atoms with Gasteiger partial charge in [0.25, 0.3) is 0 Å². The molecular formula is C21H22N4O2. The summed E-state index contributed by atoms with van der Waals surface area (Å²) in [5.41, 5.74) is 2.68. The molecule has 0 aliphatic rings. The molecule has 0 saturated carbocycles. The maximum Gasteiger partial charge on any atom is 0.224 e. The number of carbonyl (C=O) groups excluding carboxylic acids is 1. The summed E-state index contributed by atoms with van der Waals surface area (Å²) < 4.78 is 5.16. The molecule has 0 unspecified atom stereocenters. The van der Waals surface area contributed by atoms with Gasteiger partial charge in [0.15, 0.2) is 5.78 Å². The quantitative estimate of drug-likeness (QED) is 0.588. The van der Waals surface area contributed by atoms with Crippen LogP contribution < -0.4 is 15.4 Å². The molecule has 6 heteroatoms. The molecule has 0 aliphatic heterocycles. The lowest BCUT2D eigenvalue weighted by Crippen LogP contribution is -2.08. The van der Waals surface area contributed by atoms with E-state index in [1.165, 1.54) is 5.56 Å². The largest absolute Gasteiger partial charge is 0.497 e. The van der Waals surface area contributed by atoms with Gasteiger partial charge >= 0.3 is 0 Å². The maximum atomic E-state index is 11.5. The van der Waals surface area contributed by atoms with Gasteiger partial charge in [-0.25, -0.2) is 4.98 Å². The number of nitrogens with zero attached hydrogens (tertiary/aromatic N) is 2. The van der Waals surface area contributed by atoms with Crippen LogP contribution in [0, 0.1) is 0 Å². The number of ketones is 1. The van der Waals surface area contributed by atoms with Crippen LogP contribution in [0.25, 0.3) is 0 Å². The van der Waals surface area contributed by atoms with Crippen molar-refractivity contribution in [2.45, 2.75) is 13.3 Å². The highest BCUT2D eigenvalue weighted by molar-refractivity contribution is 5.95. The second-order valence-electron chi connectivity index (χ2n) is 6.05. The Hall–Kier alpha value is -3.41. The lowest BCUT2D eigenvalue weighted by molar-refractivity contribution is 0.101. The predicted octanol–water partition coefficient (Wildman–Crippen LogP) is 4.09. The molecule has 6 nitrogen and oxygen atoms in total. The van der Waals surface area contributed by atoms with Crippen LogP contribution in [0.3, 0.4) is 0 Å². The maximum absolute atomic E-state index is 11.5. The number of carbonyl (C=O) groups is 1. The topological polar surface area (TPSA) is 76.1 Å². The van der Waals surface area contributed by atoms with Crippen molar-refractivity contribution in [2.24, 2.45) is 0 Å². The monoisotopic (exact) mass is 362 g/mol. The summed E-state index contributed by atoms with van der Waals surface area (Å²) in [6, 6.07) is 17.1. The summed E-state index contributed by atoms with van der Waals surface area (Å²) in [6.07, 6.45) is 2.55. The number of benzene rings is 2. The van der Waals surface area contributed by atoms with Gasteiger partial charge in [-0.05, 0) is 49.2 Å². The minimum absolute atomic E-state index is 0.0298. The number of ether oxygens (including phenoxy) is 1. The molecule has 1 heterocycles. The van der Waals surface area contributed by atoms with E-state index in [2.05, 4.69) is 20.6 Å². The van der Waals surface area contributed by atoms with Crippen molar-refractivity contribution in [3.63, 3.8) is 0 Å². The van der Waals surface area contributed by atoms with Crippen molar-refractivity contribution in [3.8, 4) is 5.75 Å². The molecule has 27 heavy (non-hydrogen) atoms. The molecule has 0 fully saturated rings. The minimum Gasteiger partial charge on any atom is -0.497 e. The van der Waals surface area contributed by atoms with E-state index >= 15 is 0 Å². The van der Waals surface area contributed by atoms with Gasteiger partial charge in [-0.3, -0.25) is 4.79 Å². The Morgan fingerprint density at radius 3 is 2.67 bits per heavy atom. The highest BCUT2D eigenvalue weighted by Gasteiger charge is 2.03. The van der Waals surface area contributed by atoms with Gasteiger partial charge in [0.1, 0.15) is 11.6 Å². The van der Waals surface area contributed by atoms with E-state index in [1.807, 2.05) is 36.4 Å². The number of anilines is 3. The van der Waals surface area contributed by atoms with Crippen LogP contribution >= 0.6 is 0 Å². The summed E-state index contributed by atoms with van der Waals surface area (Å²) in [5, 5.41) is 6.43. The Labute approximate surface area is 158 Å². The molecule has 0 saturated heterocycles. The third-order valence-corrected chi connectivity index (χ3v) is 4.05. The summed E-state index contributed by atoms with van der Waals surface area (Å²) in [6.45, 7) is 2.27. The SMILES string of the molecule is COc1ccc(CCNc2nccc(Nc3cccc(C(C)=O)c3)n2)cc1. The summed E-state index contributed by atoms with van der Waals surface area (Å²) in [7, 11) is 1.66. The number of methoxy groups -OCH3 is 1. The molecule has 3 aromatic rings. The third-order valence-electron chi connectivity index (χ3n) is 4.05. The summed E-state index contributed by atoms with van der Waals surface area (Å²) >= 11 is 0. The Morgan fingerprint density at radius 2 is 1.93 bits per heavy atom. The van der Waals surface area contributed by atoms with Gasteiger partial charge in [0.2, 0.25) is 5.95 Å².